The van der Waals surface area contributed by atoms with Crippen LogP contribution in [0.15, 0.2) is 30.3 Å². The van der Waals surface area contributed by atoms with E-state index in [2.05, 4.69) is 16.1 Å². The predicted octanol–water partition coefficient (Wildman–Crippen LogP) is 1.62. The first-order valence-electron chi connectivity index (χ1n) is 16.7. The number of rotatable bonds is 14. The summed E-state index contributed by atoms with van der Waals surface area (Å²) in [4.78, 5) is 91.3. The molecule has 0 aromatic heterocycles. The summed E-state index contributed by atoms with van der Waals surface area (Å²) in [5.41, 5.74) is 3.27. The fraction of sp³-hybridized carbons (Fsp3) is 0.606. The molecule has 2 saturated heterocycles. The third-order valence-electron chi connectivity index (χ3n) is 8.25. The zero-order valence-electron chi connectivity index (χ0n) is 28.6. The number of hydrogen-bond acceptors (Lipinski definition) is 10. The van der Waals surface area contributed by atoms with Gasteiger partial charge in [-0.2, -0.15) is 0 Å². The van der Waals surface area contributed by atoms with E-state index in [1.165, 1.54) is 30.7 Å². The normalized spacial score (nSPS) is 18.1. The topological polar surface area (TPSA) is 193 Å². The Hall–Kier alpha value is -4.89. The molecule has 1 unspecified atom stereocenters. The van der Waals surface area contributed by atoms with Gasteiger partial charge in [-0.25, -0.2) is 19.4 Å². The van der Waals surface area contributed by atoms with Gasteiger partial charge in [0.15, 0.2) is 0 Å². The molecule has 2 aliphatic rings. The number of carbonyl (C=O) groups is 7. The molecule has 0 saturated carbocycles. The first-order chi connectivity index (χ1) is 23.4. The first kappa shape index (κ1) is 38.6. The van der Waals surface area contributed by atoms with E-state index in [4.69, 9.17) is 14.2 Å². The number of alkyl carbamates (subject to hydrolysis) is 1. The van der Waals surface area contributed by atoms with Gasteiger partial charge < -0.3 is 34.6 Å². The standard InChI is InChI=1S/C33H48N6O10/c1-5-47-31(44)27(17-9-10-18-34-32(45)48-21-24-13-7-6-8-14-24)49-33(46)37(4)36-29(42)26-16-12-20-39(26)30(43)22(2)35-28(41)25-15-11-19-38(25)23(3)40/h6-8,13-14,22,25-27H,5,9-12,15-21H2,1-4H3,(H,34,45)(H,35,41)(H,36,42)/t22-,25-,26-,27?/m0/s1. The molecule has 3 N–H and O–H groups in total. The van der Waals surface area contributed by atoms with Gasteiger partial charge >= 0.3 is 18.2 Å². The molecule has 0 radical (unpaired) electrons. The van der Waals surface area contributed by atoms with E-state index >= 15 is 0 Å². The molecular weight excluding hydrogens is 640 g/mol. The number of esters is 1. The summed E-state index contributed by atoms with van der Waals surface area (Å²) in [6.07, 6.45) is 0.161. The Bertz CT molecular complexity index is 1330. The van der Waals surface area contributed by atoms with Crippen molar-refractivity contribution in [1.29, 1.82) is 0 Å². The van der Waals surface area contributed by atoms with E-state index in [9.17, 15) is 33.6 Å². The number of nitrogens with one attached hydrogen (secondary N) is 3. The van der Waals surface area contributed by atoms with Crippen LogP contribution in [-0.2, 0) is 44.8 Å². The molecule has 0 aliphatic carbocycles. The highest BCUT2D eigenvalue weighted by molar-refractivity contribution is 5.94. The van der Waals surface area contributed by atoms with Crippen molar-refractivity contribution in [2.24, 2.45) is 0 Å². The highest BCUT2D eigenvalue weighted by Gasteiger charge is 2.39. The minimum absolute atomic E-state index is 0.0638. The number of likely N-dealkylation sites (tertiary alicyclic amines) is 2. The van der Waals surface area contributed by atoms with Gasteiger partial charge in [-0.05, 0) is 64.4 Å². The van der Waals surface area contributed by atoms with E-state index in [-0.39, 0.29) is 38.6 Å². The number of nitrogens with zero attached hydrogens (tertiary/aromatic N) is 3. The van der Waals surface area contributed by atoms with Gasteiger partial charge in [0, 0.05) is 33.6 Å². The number of benzene rings is 1. The fourth-order valence-electron chi connectivity index (χ4n) is 5.70. The Kier molecular flexibility index (Phi) is 15.1. The number of hydrogen-bond donors (Lipinski definition) is 3. The van der Waals surface area contributed by atoms with Crippen molar-refractivity contribution in [1.82, 2.24) is 30.9 Å². The van der Waals surface area contributed by atoms with Crippen molar-refractivity contribution in [3.63, 3.8) is 0 Å². The third-order valence-corrected chi connectivity index (χ3v) is 8.25. The number of amides is 6. The van der Waals surface area contributed by atoms with Crippen LogP contribution in [0, 0.1) is 0 Å². The maximum absolute atomic E-state index is 13.3. The number of carbonyl (C=O) groups excluding carboxylic acids is 7. The summed E-state index contributed by atoms with van der Waals surface area (Å²) in [5.74, 6) is -2.50. The molecule has 270 valence electrons. The average Bonchev–Trinajstić information content (AvgIpc) is 3.78. The van der Waals surface area contributed by atoms with Crippen LogP contribution in [0.2, 0.25) is 0 Å². The van der Waals surface area contributed by atoms with Gasteiger partial charge in [0.2, 0.25) is 23.8 Å². The Morgan fingerprint density at radius 1 is 0.918 bits per heavy atom. The van der Waals surface area contributed by atoms with Crippen LogP contribution in [0.5, 0.6) is 0 Å². The lowest BCUT2D eigenvalue weighted by molar-refractivity contribution is -0.154. The molecule has 2 fully saturated rings. The second kappa shape index (κ2) is 19.2. The molecule has 1 aromatic rings. The van der Waals surface area contributed by atoms with Crippen LogP contribution in [0.25, 0.3) is 0 Å². The van der Waals surface area contributed by atoms with E-state index in [0.29, 0.717) is 45.1 Å². The molecule has 49 heavy (non-hydrogen) atoms. The number of unbranched alkanes of at least 4 members (excludes halogenated alkanes) is 1. The number of ether oxygens (including phenoxy) is 3. The molecule has 0 spiro atoms. The maximum atomic E-state index is 13.3. The van der Waals surface area contributed by atoms with Gasteiger partial charge in [0.25, 0.3) is 5.91 Å². The van der Waals surface area contributed by atoms with Gasteiger partial charge in [0.1, 0.15) is 24.7 Å². The molecule has 3 rings (SSSR count). The minimum atomic E-state index is -1.26. The van der Waals surface area contributed by atoms with E-state index < -0.39 is 60.1 Å². The van der Waals surface area contributed by atoms with Crippen molar-refractivity contribution < 1.29 is 47.8 Å². The fourth-order valence-corrected chi connectivity index (χ4v) is 5.70. The van der Waals surface area contributed by atoms with Crippen molar-refractivity contribution in [2.45, 2.75) is 96.6 Å². The molecular formula is C33H48N6O10. The van der Waals surface area contributed by atoms with E-state index in [1.807, 2.05) is 30.3 Å². The molecule has 2 heterocycles. The molecule has 0 bridgehead atoms. The SMILES string of the molecule is CCOC(=O)C(CCCCNC(=O)OCc1ccccc1)OC(=O)N(C)NC(=O)[C@@H]1CCCN1C(=O)[C@H](C)NC(=O)[C@@H]1CCCN1C(C)=O. The summed E-state index contributed by atoms with van der Waals surface area (Å²) in [7, 11) is 1.25. The third kappa shape index (κ3) is 11.6. The highest BCUT2D eigenvalue weighted by atomic mass is 16.6. The van der Waals surface area contributed by atoms with Crippen LogP contribution in [0.3, 0.4) is 0 Å². The Morgan fingerprint density at radius 3 is 2.22 bits per heavy atom. The Balaban J connectivity index is 1.45. The lowest BCUT2D eigenvalue weighted by Crippen LogP contribution is -2.57. The zero-order valence-corrected chi connectivity index (χ0v) is 28.6. The molecule has 2 aliphatic heterocycles. The molecule has 16 nitrogen and oxygen atoms in total. The van der Waals surface area contributed by atoms with Gasteiger partial charge in [-0.1, -0.05) is 30.3 Å². The van der Waals surface area contributed by atoms with Crippen molar-refractivity contribution >= 4 is 41.8 Å². The van der Waals surface area contributed by atoms with Crippen LogP contribution in [0.1, 0.15) is 71.3 Å². The highest BCUT2D eigenvalue weighted by Crippen LogP contribution is 2.21. The lowest BCUT2D eigenvalue weighted by Gasteiger charge is -2.30. The van der Waals surface area contributed by atoms with Crippen molar-refractivity contribution in [3.8, 4) is 0 Å². The molecule has 6 amide bonds. The summed E-state index contributed by atoms with van der Waals surface area (Å²) in [6, 6.07) is 6.73. The smallest absolute Gasteiger partial charge is 0.429 e. The maximum Gasteiger partial charge on any atom is 0.429 e. The largest absolute Gasteiger partial charge is 0.463 e. The molecule has 4 atom stereocenters. The van der Waals surface area contributed by atoms with Gasteiger partial charge in [-0.3, -0.25) is 24.6 Å². The summed E-state index contributed by atoms with van der Waals surface area (Å²) in [5, 5.41) is 6.10. The number of hydrazine groups is 1. The second-order valence-corrected chi connectivity index (χ2v) is 11.9. The van der Waals surface area contributed by atoms with Gasteiger partial charge in [-0.15, -0.1) is 0 Å². The Labute approximate surface area is 286 Å². The van der Waals surface area contributed by atoms with Crippen LogP contribution in [0.4, 0.5) is 9.59 Å². The first-order valence-corrected chi connectivity index (χ1v) is 16.7. The van der Waals surface area contributed by atoms with E-state index in [1.54, 1.807) is 6.92 Å². The van der Waals surface area contributed by atoms with E-state index in [0.717, 1.165) is 10.6 Å². The van der Waals surface area contributed by atoms with Crippen LogP contribution >= 0.6 is 0 Å². The summed E-state index contributed by atoms with van der Waals surface area (Å²) < 4.78 is 15.6. The second-order valence-electron chi connectivity index (χ2n) is 11.9. The van der Waals surface area contributed by atoms with Crippen LogP contribution < -0.4 is 16.1 Å². The predicted molar refractivity (Wildman–Crippen MR) is 174 cm³/mol. The molecule has 1 aromatic carbocycles. The monoisotopic (exact) mass is 688 g/mol. The minimum Gasteiger partial charge on any atom is -0.463 e. The van der Waals surface area contributed by atoms with Crippen LogP contribution in [-0.4, -0.2) is 114 Å². The molecule has 16 heteroatoms. The van der Waals surface area contributed by atoms with Crippen molar-refractivity contribution in [3.05, 3.63) is 35.9 Å². The van der Waals surface area contributed by atoms with Gasteiger partial charge in [0.05, 0.1) is 6.61 Å². The van der Waals surface area contributed by atoms with Crippen molar-refractivity contribution in [2.75, 3.05) is 33.3 Å². The average molecular weight is 689 g/mol. The summed E-state index contributed by atoms with van der Waals surface area (Å²) in [6.45, 7) is 5.75. The lowest BCUT2D eigenvalue weighted by atomic mass is 10.1. The Morgan fingerprint density at radius 2 is 1.57 bits per heavy atom. The zero-order chi connectivity index (χ0) is 35.9. The quantitative estimate of drug-likeness (QED) is 0.112. The summed E-state index contributed by atoms with van der Waals surface area (Å²) >= 11 is 0.